The first-order chi connectivity index (χ1) is 12.1. The Labute approximate surface area is 149 Å². The van der Waals surface area contributed by atoms with Gasteiger partial charge in [0.1, 0.15) is 30.2 Å². The first-order valence-corrected chi connectivity index (χ1v) is 9.41. The van der Waals surface area contributed by atoms with Gasteiger partial charge in [0, 0.05) is 6.54 Å². The zero-order valence-electron chi connectivity index (χ0n) is 14.1. The number of aromatic nitrogens is 4. The molecule has 0 aliphatic carbocycles. The lowest BCUT2D eigenvalue weighted by Crippen LogP contribution is -2.42. The van der Waals surface area contributed by atoms with Gasteiger partial charge < -0.3 is 19.9 Å². The van der Waals surface area contributed by atoms with Crippen molar-refractivity contribution in [1.29, 1.82) is 0 Å². The molecule has 0 radical (unpaired) electrons. The molecule has 13 heteroatoms. The molecule has 4 rings (SSSR count). The van der Waals surface area contributed by atoms with Crippen LogP contribution in [0.1, 0.15) is 20.1 Å². The van der Waals surface area contributed by atoms with Gasteiger partial charge in [0.15, 0.2) is 23.5 Å². The van der Waals surface area contributed by atoms with E-state index in [4.69, 9.17) is 25.1 Å². The lowest BCUT2D eigenvalue weighted by Gasteiger charge is -2.24. The first-order valence-electron chi connectivity index (χ1n) is 7.86. The van der Waals surface area contributed by atoms with Crippen molar-refractivity contribution in [2.45, 2.75) is 44.2 Å². The van der Waals surface area contributed by atoms with Gasteiger partial charge in [-0.25, -0.2) is 20.1 Å². The van der Waals surface area contributed by atoms with Crippen LogP contribution in [0, 0.1) is 0 Å². The molecule has 5 N–H and O–H groups in total. The third-order valence-electron chi connectivity index (χ3n) is 4.27. The van der Waals surface area contributed by atoms with Crippen LogP contribution >= 0.6 is 0 Å². The van der Waals surface area contributed by atoms with Gasteiger partial charge in [0.2, 0.25) is 0 Å². The van der Waals surface area contributed by atoms with Crippen molar-refractivity contribution < 1.29 is 22.6 Å². The van der Waals surface area contributed by atoms with Crippen LogP contribution in [0.15, 0.2) is 12.7 Å². The number of imidazole rings is 1. The smallest absolute Gasteiger partial charge is 0.274 e. The molecule has 0 amide bonds. The Morgan fingerprint density at radius 3 is 2.73 bits per heavy atom. The number of rotatable bonds is 4. The summed E-state index contributed by atoms with van der Waals surface area (Å²) in [5, 5.41) is 5.01. The van der Waals surface area contributed by atoms with Crippen molar-refractivity contribution in [3.05, 3.63) is 12.7 Å². The van der Waals surface area contributed by atoms with E-state index in [2.05, 4.69) is 19.7 Å². The molecular weight excluding hydrogens is 366 g/mol. The highest BCUT2D eigenvalue weighted by molar-refractivity contribution is 7.87. The van der Waals surface area contributed by atoms with E-state index in [1.165, 1.54) is 12.7 Å². The number of fused-ring (bicyclic) bond motifs is 2. The second-order valence-electron chi connectivity index (χ2n) is 6.61. The van der Waals surface area contributed by atoms with E-state index in [1.54, 1.807) is 18.4 Å². The second-order valence-corrected chi connectivity index (χ2v) is 7.98. The van der Waals surface area contributed by atoms with Gasteiger partial charge in [-0.15, -0.1) is 0 Å². The molecule has 2 fully saturated rings. The van der Waals surface area contributed by atoms with Gasteiger partial charge in [-0.1, -0.05) is 0 Å². The van der Waals surface area contributed by atoms with E-state index in [9.17, 15) is 8.42 Å². The van der Waals surface area contributed by atoms with Crippen molar-refractivity contribution in [2.24, 2.45) is 5.14 Å². The first kappa shape index (κ1) is 17.5. The summed E-state index contributed by atoms with van der Waals surface area (Å²) < 4.78 is 44.2. The lowest BCUT2D eigenvalue weighted by atomic mass is 10.1. The van der Waals surface area contributed by atoms with Crippen molar-refractivity contribution in [3.63, 3.8) is 0 Å². The lowest BCUT2D eigenvalue weighted by molar-refractivity contribution is -0.195. The van der Waals surface area contributed by atoms with E-state index in [-0.39, 0.29) is 12.4 Å². The zero-order chi connectivity index (χ0) is 18.7. The predicted octanol–water partition coefficient (Wildman–Crippen LogP) is -1.38. The molecule has 2 saturated heterocycles. The number of hydrogen-bond donors (Lipinski definition) is 3. The van der Waals surface area contributed by atoms with E-state index in [0.29, 0.717) is 11.2 Å². The second kappa shape index (κ2) is 5.80. The molecule has 0 unspecified atom stereocenters. The van der Waals surface area contributed by atoms with Gasteiger partial charge in [0.05, 0.1) is 6.33 Å². The molecule has 2 aromatic heterocycles. The van der Waals surface area contributed by atoms with Gasteiger partial charge in [-0.3, -0.25) is 4.57 Å². The Morgan fingerprint density at radius 2 is 2.00 bits per heavy atom. The summed E-state index contributed by atoms with van der Waals surface area (Å²) in [7, 11) is -3.86. The minimum absolute atomic E-state index is 0.0559. The zero-order valence-corrected chi connectivity index (χ0v) is 14.9. The summed E-state index contributed by atoms with van der Waals surface area (Å²) in [6.45, 7) is 3.50. The Balaban J connectivity index is 1.68. The summed E-state index contributed by atoms with van der Waals surface area (Å²) in [6.07, 6.45) is 0.627. The highest BCUT2D eigenvalue weighted by atomic mass is 32.2. The molecular formula is C13H19N7O5S. The number of nitrogens with zero attached hydrogens (tertiary/aromatic N) is 4. The largest absolute Gasteiger partial charge is 0.382 e. The van der Waals surface area contributed by atoms with Gasteiger partial charge >= 0.3 is 0 Å². The van der Waals surface area contributed by atoms with Crippen LogP contribution in [-0.2, 0) is 24.4 Å². The fourth-order valence-electron chi connectivity index (χ4n) is 3.30. The third kappa shape index (κ3) is 3.02. The van der Waals surface area contributed by atoms with E-state index >= 15 is 0 Å². The average Bonchev–Trinajstić information content (AvgIpc) is 3.16. The average molecular weight is 385 g/mol. The molecule has 0 bridgehead atoms. The Kier molecular flexibility index (Phi) is 3.91. The monoisotopic (exact) mass is 385 g/mol. The summed E-state index contributed by atoms with van der Waals surface area (Å²) in [4.78, 5) is 12.3. The standard InChI is InChI=1S/C13H19N7O5S/c1-13(2)24-8-6(3-19-26(15,21)22)23-12(9(8)25-13)20-5-18-7-10(14)16-4-17-11(7)20/h4-6,8-9,12,19H,3H2,1-2H3,(H2,14,16,17)(H2,15,21,22)/t6-,8-,9-,12-/m1/s1. The number of nitrogen functional groups attached to an aromatic ring is 1. The molecule has 4 heterocycles. The number of ether oxygens (including phenoxy) is 3. The molecule has 12 nitrogen and oxygen atoms in total. The van der Waals surface area contributed by atoms with Gasteiger partial charge in [0.25, 0.3) is 10.2 Å². The van der Waals surface area contributed by atoms with Crippen LogP contribution in [0.4, 0.5) is 5.82 Å². The van der Waals surface area contributed by atoms with E-state index in [1.807, 2.05) is 0 Å². The maximum Gasteiger partial charge on any atom is 0.274 e. The topological polar surface area (TPSA) is 170 Å². The van der Waals surface area contributed by atoms with Gasteiger partial charge in [-0.05, 0) is 13.8 Å². The van der Waals surface area contributed by atoms with Crippen molar-refractivity contribution in [1.82, 2.24) is 24.2 Å². The van der Waals surface area contributed by atoms with Crippen LogP contribution in [0.25, 0.3) is 11.2 Å². The molecule has 2 aliphatic heterocycles. The number of hydrogen-bond acceptors (Lipinski definition) is 9. The van der Waals surface area contributed by atoms with Crippen molar-refractivity contribution >= 4 is 27.2 Å². The SMILES string of the molecule is CC1(C)O[C@@H]2[C@H](O1)[C@@H](CNS(N)(=O)=O)O[C@H]2n1cnc2c(N)ncnc21. The maximum absolute atomic E-state index is 11.2. The molecule has 0 spiro atoms. The molecule has 0 saturated carbocycles. The molecule has 0 aromatic carbocycles. The quantitative estimate of drug-likeness (QED) is 0.574. The fourth-order valence-corrected chi connectivity index (χ4v) is 3.70. The minimum atomic E-state index is -3.86. The predicted molar refractivity (Wildman–Crippen MR) is 88.6 cm³/mol. The van der Waals surface area contributed by atoms with Crippen LogP contribution in [-0.4, -0.2) is 58.6 Å². The summed E-state index contributed by atoms with van der Waals surface area (Å²) in [5.41, 5.74) is 6.75. The van der Waals surface area contributed by atoms with Crippen molar-refractivity contribution in [2.75, 3.05) is 12.3 Å². The minimum Gasteiger partial charge on any atom is -0.382 e. The van der Waals surface area contributed by atoms with E-state index < -0.39 is 40.5 Å². The summed E-state index contributed by atoms with van der Waals surface area (Å²) in [6, 6.07) is 0. The van der Waals surface area contributed by atoms with Gasteiger partial charge in [-0.2, -0.15) is 13.1 Å². The molecule has 2 aromatic rings. The molecule has 142 valence electrons. The van der Waals surface area contributed by atoms with Crippen LogP contribution in [0.5, 0.6) is 0 Å². The van der Waals surface area contributed by atoms with Crippen molar-refractivity contribution in [3.8, 4) is 0 Å². The van der Waals surface area contributed by atoms with Crippen LogP contribution < -0.4 is 15.6 Å². The summed E-state index contributed by atoms with van der Waals surface area (Å²) in [5.74, 6) is -0.596. The fraction of sp³-hybridized carbons (Fsp3) is 0.615. The Morgan fingerprint density at radius 1 is 1.27 bits per heavy atom. The third-order valence-corrected chi connectivity index (χ3v) is 4.84. The molecule has 2 aliphatic rings. The van der Waals surface area contributed by atoms with Crippen LogP contribution in [0.2, 0.25) is 0 Å². The van der Waals surface area contributed by atoms with Crippen LogP contribution in [0.3, 0.4) is 0 Å². The maximum atomic E-state index is 11.2. The highest BCUT2D eigenvalue weighted by Crippen LogP contribution is 2.43. The Bertz CT molecular complexity index is 946. The number of anilines is 1. The number of nitrogens with two attached hydrogens (primary N) is 2. The normalized spacial score (nSPS) is 30.7. The van der Waals surface area contributed by atoms with E-state index in [0.717, 1.165) is 0 Å². The Hall–Kier alpha value is -1.90. The highest BCUT2D eigenvalue weighted by Gasteiger charge is 2.56. The summed E-state index contributed by atoms with van der Waals surface area (Å²) >= 11 is 0. The molecule has 4 atom stereocenters. The molecule has 26 heavy (non-hydrogen) atoms. The number of nitrogens with one attached hydrogen (secondary N) is 1.